The molecule has 0 spiro atoms. The SMILES string of the molecule is CCCN(CCc1ccc(-c2ccccc2)cc1)CCc1ccc2nc[nH]c2c1. The van der Waals surface area contributed by atoms with Gasteiger partial charge < -0.3 is 9.88 Å². The molecule has 0 aliphatic rings. The van der Waals surface area contributed by atoms with E-state index in [-0.39, 0.29) is 0 Å². The number of rotatable bonds is 9. The topological polar surface area (TPSA) is 31.9 Å². The number of nitrogens with zero attached hydrogens (tertiary/aromatic N) is 2. The van der Waals surface area contributed by atoms with Crippen LogP contribution in [0.15, 0.2) is 79.1 Å². The maximum atomic E-state index is 4.31. The summed E-state index contributed by atoms with van der Waals surface area (Å²) < 4.78 is 0. The van der Waals surface area contributed by atoms with Crippen LogP contribution in [0.4, 0.5) is 0 Å². The molecule has 4 rings (SSSR count). The average Bonchev–Trinajstić information content (AvgIpc) is 3.24. The van der Waals surface area contributed by atoms with Crippen molar-refractivity contribution in [1.82, 2.24) is 14.9 Å². The van der Waals surface area contributed by atoms with Crippen molar-refractivity contribution in [2.24, 2.45) is 0 Å². The molecule has 0 unspecified atom stereocenters. The third-order valence-corrected chi connectivity index (χ3v) is 5.52. The van der Waals surface area contributed by atoms with Crippen LogP contribution in [0, 0.1) is 0 Å². The van der Waals surface area contributed by atoms with Gasteiger partial charge in [-0.1, -0.05) is 67.6 Å². The van der Waals surface area contributed by atoms with Crippen molar-refractivity contribution in [3.8, 4) is 11.1 Å². The summed E-state index contributed by atoms with van der Waals surface area (Å²) in [6.45, 7) is 5.60. The summed E-state index contributed by atoms with van der Waals surface area (Å²) in [4.78, 5) is 10.1. The van der Waals surface area contributed by atoms with Crippen LogP contribution in [0.25, 0.3) is 22.2 Å². The number of benzene rings is 3. The maximum Gasteiger partial charge on any atom is 0.0931 e. The Morgan fingerprint density at radius 2 is 1.45 bits per heavy atom. The molecule has 3 aromatic carbocycles. The lowest BCUT2D eigenvalue weighted by atomic mass is 10.0. The molecule has 0 amide bonds. The van der Waals surface area contributed by atoms with E-state index in [0.717, 1.165) is 43.5 Å². The van der Waals surface area contributed by atoms with E-state index >= 15 is 0 Å². The molecule has 0 radical (unpaired) electrons. The van der Waals surface area contributed by atoms with Gasteiger partial charge in [-0.3, -0.25) is 0 Å². The fourth-order valence-electron chi connectivity index (χ4n) is 3.86. The lowest BCUT2D eigenvalue weighted by molar-refractivity contribution is 0.281. The van der Waals surface area contributed by atoms with Crippen molar-refractivity contribution in [2.45, 2.75) is 26.2 Å². The number of fused-ring (bicyclic) bond motifs is 1. The van der Waals surface area contributed by atoms with Crippen LogP contribution >= 0.6 is 0 Å². The van der Waals surface area contributed by atoms with Crippen LogP contribution in [-0.2, 0) is 12.8 Å². The Kier molecular flexibility index (Phi) is 6.38. The van der Waals surface area contributed by atoms with Crippen LogP contribution in [-0.4, -0.2) is 34.5 Å². The van der Waals surface area contributed by atoms with Crippen LogP contribution in [0.3, 0.4) is 0 Å². The Labute approximate surface area is 173 Å². The van der Waals surface area contributed by atoms with Crippen molar-refractivity contribution >= 4 is 11.0 Å². The molecule has 0 atom stereocenters. The molecule has 0 aliphatic heterocycles. The van der Waals surface area contributed by atoms with Crippen molar-refractivity contribution in [3.63, 3.8) is 0 Å². The first-order valence-corrected chi connectivity index (χ1v) is 10.6. The summed E-state index contributed by atoms with van der Waals surface area (Å²) in [5.74, 6) is 0. The zero-order valence-electron chi connectivity index (χ0n) is 17.1. The molecule has 1 N–H and O–H groups in total. The molecule has 0 fully saturated rings. The summed E-state index contributed by atoms with van der Waals surface area (Å²) in [6.07, 6.45) is 5.12. The third-order valence-electron chi connectivity index (χ3n) is 5.52. The minimum Gasteiger partial charge on any atom is -0.345 e. The number of hydrogen-bond donors (Lipinski definition) is 1. The highest BCUT2D eigenvalue weighted by Crippen LogP contribution is 2.19. The van der Waals surface area contributed by atoms with Gasteiger partial charge in [0.15, 0.2) is 0 Å². The second-order valence-electron chi connectivity index (χ2n) is 7.66. The number of H-pyrrole nitrogens is 1. The highest BCUT2D eigenvalue weighted by Gasteiger charge is 2.07. The second kappa shape index (κ2) is 9.53. The number of aromatic amines is 1. The molecular formula is C26H29N3. The van der Waals surface area contributed by atoms with E-state index in [1.807, 2.05) is 0 Å². The van der Waals surface area contributed by atoms with Gasteiger partial charge in [-0.2, -0.15) is 0 Å². The first kappa shape index (κ1) is 19.4. The van der Waals surface area contributed by atoms with Gasteiger partial charge >= 0.3 is 0 Å². The van der Waals surface area contributed by atoms with Gasteiger partial charge in [0.2, 0.25) is 0 Å². The summed E-state index contributed by atoms with van der Waals surface area (Å²) in [5, 5.41) is 0. The molecular weight excluding hydrogens is 354 g/mol. The first-order chi connectivity index (χ1) is 14.3. The molecule has 0 bridgehead atoms. The average molecular weight is 384 g/mol. The van der Waals surface area contributed by atoms with Gasteiger partial charge in [0.05, 0.1) is 17.4 Å². The highest BCUT2D eigenvalue weighted by molar-refractivity contribution is 5.75. The molecule has 0 aliphatic carbocycles. The fraction of sp³-hybridized carbons (Fsp3) is 0.269. The van der Waals surface area contributed by atoms with Gasteiger partial charge in [-0.05, 0) is 60.2 Å². The molecule has 1 heterocycles. The Balaban J connectivity index is 1.33. The zero-order valence-corrected chi connectivity index (χ0v) is 17.1. The molecule has 4 aromatic rings. The molecule has 3 heteroatoms. The molecule has 0 saturated heterocycles. The Bertz CT molecular complexity index is 1020. The van der Waals surface area contributed by atoms with Crippen molar-refractivity contribution < 1.29 is 0 Å². The minimum atomic E-state index is 1.04. The van der Waals surface area contributed by atoms with E-state index < -0.39 is 0 Å². The van der Waals surface area contributed by atoms with Crippen LogP contribution in [0.1, 0.15) is 24.5 Å². The van der Waals surface area contributed by atoms with E-state index in [0.29, 0.717) is 0 Å². The zero-order chi connectivity index (χ0) is 19.9. The van der Waals surface area contributed by atoms with E-state index in [1.165, 1.54) is 28.7 Å². The Hall–Kier alpha value is -2.91. The van der Waals surface area contributed by atoms with Crippen LogP contribution < -0.4 is 0 Å². The van der Waals surface area contributed by atoms with E-state index in [9.17, 15) is 0 Å². The van der Waals surface area contributed by atoms with Crippen molar-refractivity contribution in [1.29, 1.82) is 0 Å². The molecule has 148 valence electrons. The molecule has 0 saturated carbocycles. The minimum absolute atomic E-state index is 1.04. The summed E-state index contributed by atoms with van der Waals surface area (Å²) in [5.41, 5.74) is 7.51. The predicted octanol–water partition coefficient (Wildman–Crippen LogP) is 5.73. The number of aromatic nitrogens is 2. The standard InChI is InChI=1S/C26H29N3/c1-2-16-29(18-15-22-10-13-25-26(19-22)28-20-27-25)17-14-21-8-11-24(12-9-21)23-6-4-3-5-7-23/h3-13,19-20H,2,14-18H2,1H3,(H,27,28). The third kappa shape index (κ3) is 5.12. The van der Waals surface area contributed by atoms with Crippen molar-refractivity contribution in [3.05, 3.63) is 90.3 Å². The molecule has 29 heavy (non-hydrogen) atoms. The summed E-state index contributed by atoms with van der Waals surface area (Å²) in [7, 11) is 0. The largest absolute Gasteiger partial charge is 0.345 e. The quantitative estimate of drug-likeness (QED) is 0.400. The van der Waals surface area contributed by atoms with E-state index in [1.54, 1.807) is 6.33 Å². The maximum absolute atomic E-state index is 4.31. The molecule has 1 aromatic heterocycles. The lowest BCUT2D eigenvalue weighted by Crippen LogP contribution is -2.29. The molecule has 3 nitrogen and oxygen atoms in total. The van der Waals surface area contributed by atoms with Crippen molar-refractivity contribution in [2.75, 3.05) is 19.6 Å². The normalized spacial score (nSPS) is 11.4. The predicted molar refractivity (Wildman–Crippen MR) is 122 cm³/mol. The van der Waals surface area contributed by atoms with Gasteiger partial charge in [0, 0.05) is 13.1 Å². The van der Waals surface area contributed by atoms with E-state index in [4.69, 9.17) is 0 Å². The van der Waals surface area contributed by atoms with Gasteiger partial charge in [-0.25, -0.2) is 4.98 Å². The second-order valence-corrected chi connectivity index (χ2v) is 7.66. The van der Waals surface area contributed by atoms with Crippen LogP contribution in [0.5, 0.6) is 0 Å². The summed E-state index contributed by atoms with van der Waals surface area (Å²) in [6, 6.07) is 26.2. The summed E-state index contributed by atoms with van der Waals surface area (Å²) >= 11 is 0. The Morgan fingerprint density at radius 3 is 2.21 bits per heavy atom. The van der Waals surface area contributed by atoms with Gasteiger partial charge in [0.1, 0.15) is 0 Å². The van der Waals surface area contributed by atoms with Crippen LogP contribution in [0.2, 0.25) is 0 Å². The van der Waals surface area contributed by atoms with Gasteiger partial charge in [-0.15, -0.1) is 0 Å². The highest BCUT2D eigenvalue weighted by atomic mass is 15.1. The number of hydrogen-bond acceptors (Lipinski definition) is 2. The van der Waals surface area contributed by atoms with Gasteiger partial charge in [0.25, 0.3) is 0 Å². The van der Waals surface area contributed by atoms with E-state index in [2.05, 4.69) is 94.6 Å². The first-order valence-electron chi connectivity index (χ1n) is 10.6. The monoisotopic (exact) mass is 383 g/mol. The lowest BCUT2D eigenvalue weighted by Gasteiger charge is -2.22. The number of imidazole rings is 1. The fourth-order valence-corrected chi connectivity index (χ4v) is 3.86. The Morgan fingerprint density at radius 1 is 0.759 bits per heavy atom. The smallest absolute Gasteiger partial charge is 0.0931 e. The number of nitrogens with one attached hydrogen (secondary N) is 1.